The van der Waals surface area contributed by atoms with Crippen molar-refractivity contribution in [2.24, 2.45) is 0 Å². The van der Waals surface area contributed by atoms with Gasteiger partial charge >= 0.3 is 0 Å². The summed E-state index contributed by atoms with van der Waals surface area (Å²) in [4.78, 5) is 25.4. The Hall–Kier alpha value is -2.57. The Balaban J connectivity index is 1.57. The van der Waals surface area contributed by atoms with Crippen molar-refractivity contribution in [3.05, 3.63) is 88.4 Å². The number of halogens is 1. The topological polar surface area (TPSA) is 58.2 Å². The standard InChI is InChI=1S/C22H19BrN2O2S/c1-15-9-11-16(12-10-15)22(27)24-17-5-4-6-18(13-17)28-14-21(26)25-20-8-3-2-7-19(20)23/h2-13H,14H2,1H3,(H,24,27)(H,25,26). The molecule has 4 nitrogen and oxygen atoms in total. The molecule has 3 rings (SSSR count). The number of anilines is 2. The molecular weight excluding hydrogens is 436 g/mol. The van der Waals surface area contributed by atoms with Crippen LogP contribution in [0.15, 0.2) is 82.2 Å². The smallest absolute Gasteiger partial charge is 0.255 e. The highest BCUT2D eigenvalue weighted by molar-refractivity contribution is 9.10. The highest BCUT2D eigenvalue weighted by Gasteiger charge is 2.08. The fourth-order valence-corrected chi connectivity index (χ4v) is 3.61. The van der Waals surface area contributed by atoms with Gasteiger partial charge < -0.3 is 10.6 Å². The first-order valence-electron chi connectivity index (χ1n) is 8.66. The molecule has 0 unspecified atom stereocenters. The van der Waals surface area contributed by atoms with Crippen LogP contribution in [0.3, 0.4) is 0 Å². The number of aryl methyl sites for hydroxylation is 1. The quantitative estimate of drug-likeness (QED) is 0.466. The van der Waals surface area contributed by atoms with Gasteiger partial charge in [0.2, 0.25) is 5.91 Å². The zero-order chi connectivity index (χ0) is 19.9. The van der Waals surface area contributed by atoms with Crippen LogP contribution in [0.1, 0.15) is 15.9 Å². The summed E-state index contributed by atoms with van der Waals surface area (Å²) in [6, 6.07) is 22.4. The molecule has 28 heavy (non-hydrogen) atoms. The fourth-order valence-electron chi connectivity index (χ4n) is 2.47. The lowest BCUT2D eigenvalue weighted by atomic mass is 10.1. The normalized spacial score (nSPS) is 10.4. The first-order valence-corrected chi connectivity index (χ1v) is 10.4. The van der Waals surface area contributed by atoms with E-state index in [2.05, 4.69) is 26.6 Å². The van der Waals surface area contributed by atoms with Crippen LogP contribution in [-0.4, -0.2) is 17.6 Å². The van der Waals surface area contributed by atoms with Gasteiger partial charge in [-0.2, -0.15) is 0 Å². The highest BCUT2D eigenvalue weighted by atomic mass is 79.9. The molecule has 0 aliphatic heterocycles. The third-order valence-electron chi connectivity index (χ3n) is 3.92. The average molecular weight is 455 g/mol. The predicted molar refractivity (Wildman–Crippen MR) is 119 cm³/mol. The van der Waals surface area contributed by atoms with Gasteiger partial charge in [0, 0.05) is 20.6 Å². The van der Waals surface area contributed by atoms with Crippen LogP contribution in [0, 0.1) is 6.92 Å². The van der Waals surface area contributed by atoms with Gasteiger partial charge in [-0.05, 0) is 65.3 Å². The lowest BCUT2D eigenvalue weighted by Crippen LogP contribution is -2.14. The number of hydrogen-bond acceptors (Lipinski definition) is 3. The molecule has 3 aromatic carbocycles. The average Bonchev–Trinajstić information content (AvgIpc) is 2.69. The van der Waals surface area contributed by atoms with Crippen LogP contribution in [0.5, 0.6) is 0 Å². The van der Waals surface area contributed by atoms with E-state index in [9.17, 15) is 9.59 Å². The molecule has 0 atom stereocenters. The maximum atomic E-state index is 12.4. The van der Waals surface area contributed by atoms with Crippen molar-refractivity contribution in [3.63, 3.8) is 0 Å². The van der Waals surface area contributed by atoms with E-state index in [1.54, 1.807) is 12.1 Å². The number of hydrogen-bond donors (Lipinski definition) is 2. The SMILES string of the molecule is Cc1ccc(C(=O)Nc2cccc(SCC(=O)Nc3ccccc3Br)c2)cc1. The van der Waals surface area contributed by atoms with E-state index in [0.29, 0.717) is 11.3 Å². The summed E-state index contributed by atoms with van der Waals surface area (Å²) in [5.41, 5.74) is 3.15. The van der Waals surface area contributed by atoms with E-state index in [1.807, 2.05) is 67.6 Å². The first kappa shape index (κ1) is 20.2. The van der Waals surface area contributed by atoms with Crippen molar-refractivity contribution >= 4 is 50.9 Å². The number of para-hydroxylation sites is 1. The van der Waals surface area contributed by atoms with E-state index >= 15 is 0 Å². The second kappa shape index (κ2) is 9.57. The summed E-state index contributed by atoms with van der Waals surface area (Å²) in [6.45, 7) is 1.98. The number of carbonyl (C=O) groups is 2. The molecule has 142 valence electrons. The van der Waals surface area contributed by atoms with E-state index in [4.69, 9.17) is 0 Å². The van der Waals surface area contributed by atoms with E-state index in [0.717, 1.165) is 20.6 Å². The number of carbonyl (C=O) groups excluding carboxylic acids is 2. The van der Waals surface area contributed by atoms with Gasteiger partial charge in [0.25, 0.3) is 5.91 Å². The van der Waals surface area contributed by atoms with Crippen LogP contribution in [-0.2, 0) is 4.79 Å². The lowest BCUT2D eigenvalue weighted by Gasteiger charge is -2.09. The molecule has 2 amide bonds. The minimum atomic E-state index is -0.158. The molecule has 6 heteroatoms. The Morgan fingerprint density at radius 3 is 2.43 bits per heavy atom. The monoisotopic (exact) mass is 454 g/mol. The van der Waals surface area contributed by atoms with Crippen molar-refractivity contribution in [3.8, 4) is 0 Å². The minimum Gasteiger partial charge on any atom is -0.324 e. The number of benzene rings is 3. The largest absolute Gasteiger partial charge is 0.324 e. The molecule has 0 aliphatic rings. The molecule has 0 radical (unpaired) electrons. The maximum absolute atomic E-state index is 12.4. The Labute approximate surface area is 176 Å². The summed E-state index contributed by atoms with van der Waals surface area (Å²) < 4.78 is 0.842. The van der Waals surface area contributed by atoms with Gasteiger partial charge in [0.15, 0.2) is 0 Å². The van der Waals surface area contributed by atoms with Crippen LogP contribution < -0.4 is 10.6 Å². The molecular formula is C22H19BrN2O2S. The molecule has 0 aliphatic carbocycles. The lowest BCUT2D eigenvalue weighted by molar-refractivity contribution is -0.113. The number of rotatable bonds is 6. The van der Waals surface area contributed by atoms with Crippen molar-refractivity contribution in [2.45, 2.75) is 11.8 Å². The molecule has 0 spiro atoms. The van der Waals surface area contributed by atoms with Gasteiger partial charge in [-0.1, -0.05) is 35.9 Å². The zero-order valence-corrected chi connectivity index (χ0v) is 17.6. The summed E-state index contributed by atoms with van der Waals surface area (Å²) in [5.74, 6) is 0.0243. The van der Waals surface area contributed by atoms with Crippen LogP contribution >= 0.6 is 27.7 Å². The number of amides is 2. The van der Waals surface area contributed by atoms with Crippen molar-refractivity contribution in [1.82, 2.24) is 0 Å². The van der Waals surface area contributed by atoms with Gasteiger partial charge in [-0.15, -0.1) is 11.8 Å². The molecule has 0 heterocycles. The highest BCUT2D eigenvalue weighted by Crippen LogP contribution is 2.24. The zero-order valence-electron chi connectivity index (χ0n) is 15.2. The van der Waals surface area contributed by atoms with Crippen LogP contribution in [0.4, 0.5) is 11.4 Å². The third-order valence-corrected chi connectivity index (χ3v) is 5.61. The van der Waals surface area contributed by atoms with Gasteiger partial charge in [-0.3, -0.25) is 9.59 Å². The maximum Gasteiger partial charge on any atom is 0.255 e. The van der Waals surface area contributed by atoms with E-state index < -0.39 is 0 Å². The summed E-state index contributed by atoms with van der Waals surface area (Å²) in [7, 11) is 0. The Kier molecular flexibility index (Phi) is 6.90. The minimum absolute atomic E-state index is 0.0917. The van der Waals surface area contributed by atoms with Crippen molar-refractivity contribution in [2.75, 3.05) is 16.4 Å². The summed E-state index contributed by atoms with van der Waals surface area (Å²) in [5, 5.41) is 5.77. The molecule has 0 aromatic heterocycles. The second-order valence-corrected chi connectivity index (χ2v) is 8.07. The summed E-state index contributed by atoms with van der Waals surface area (Å²) >= 11 is 4.83. The van der Waals surface area contributed by atoms with Crippen LogP contribution in [0.25, 0.3) is 0 Å². The summed E-state index contributed by atoms with van der Waals surface area (Å²) in [6.07, 6.45) is 0. The van der Waals surface area contributed by atoms with E-state index in [1.165, 1.54) is 11.8 Å². The molecule has 0 fully saturated rings. The van der Waals surface area contributed by atoms with Gasteiger partial charge in [0.05, 0.1) is 11.4 Å². The van der Waals surface area contributed by atoms with Crippen molar-refractivity contribution in [1.29, 1.82) is 0 Å². The molecule has 3 aromatic rings. The van der Waals surface area contributed by atoms with Crippen molar-refractivity contribution < 1.29 is 9.59 Å². The van der Waals surface area contributed by atoms with Crippen LogP contribution in [0.2, 0.25) is 0 Å². The second-order valence-electron chi connectivity index (χ2n) is 6.16. The molecule has 2 N–H and O–H groups in total. The Morgan fingerprint density at radius 1 is 0.929 bits per heavy atom. The Morgan fingerprint density at radius 2 is 1.68 bits per heavy atom. The molecule has 0 saturated carbocycles. The number of thioether (sulfide) groups is 1. The third kappa shape index (κ3) is 5.71. The van der Waals surface area contributed by atoms with Gasteiger partial charge in [0.1, 0.15) is 0 Å². The Bertz CT molecular complexity index is 990. The van der Waals surface area contributed by atoms with Gasteiger partial charge in [-0.25, -0.2) is 0 Å². The first-order chi connectivity index (χ1) is 13.5. The molecule has 0 bridgehead atoms. The molecule has 0 saturated heterocycles. The fraction of sp³-hybridized carbons (Fsp3) is 0.0909. The van der Waals surface area contributed by atoms with E-state index in [-0.39, 0.29) is 17.6 Å². The number of nitrogens with one attached hydrogen (secondary N) is 2. The predicted octanol–water partition coefficient (Wildman–Crippen LogP) is 5.74.